The molecule has 0 aliphatic rings. The van der Waals surface area contributed by atoms with Gasteiger partial charge in [0.15, 0.2) is 0 Å². The van der Waals surface area contributed by atoms with E-state index >= 15 is 0 Å². The molecule has 0 radical (unpaired) electrons. The Hall–Kier alpha value is -1.48. The van der Waals surface area contributed by atoms with Crippen molar-refractivity contribution in [3.8, 4) is 0 Å². The molecule has 2 N–H and O–H groups in total. The summed E-state index contributed by atoms with van der Waals surface area (Å²) in [6.45, 7) is 5.41. The maximum absolute atomic E-state index is 13.6. The van der Waals surface area contributed by atoms with E-state index in [1.54, 1.807) is 0 Å². The van der Waals surface area contributed by atoms with Gasteiger partial charge >= 0.3 is 17.8 Å². The highest BCUT2D eigenvalue weighted by Crippen LogP contribution is 2.46. The highest BCUT2D eigenvalue weighted by molar-refractivity contribution is 5.90. The fourth-order valence-corrected chi connectivity index (χ4v) is 1.32. The van der Waals surface area contributed by atoms with Gasteiger partial charge in [0.2, 0.25) is 0 Å². The first-order chi connectivity index (χ1) is 10.3. The van der Waals surface area contributed by atoms with E-state index in [1.165, 1.54) is 38.3 Å². The molecule has 0 rings (SSSR count). The van der Waals surface area contributed by atoms with Crippen LogP contribution in [0.1, 0.15) is 40.5 Å². The van der Waals surface area contributed by atoms with Crippen molar-refractivity contribution < 1.29 is 35.9 Å². The summed E-state index contributed by atoms with van der Waals surface area (Å²) < 4.78 is 81.3. The summed E-state index contributed by atoms with van der Waals surface area (Å²) in [5.74, 6) is -22.8. The minimum atomic E-state index is -6.19. The monoisotopic (exact) mass is 350 g/mol. The van der Waals surface area contributed by atoms with Crippen molar-refractivity contribution in [2.75, 3.05) is 0 Å². The molecule has 0 fully saturated rings. The summed E-state index contributed by atoms with van der Waals surface area (Å²) in [7, 11) is 0. The fourth-order valence-electron chi connectivity index (χ4n) is 1.32. The second kappa shape index (κ2) is 7.39. The Morgan fingerprint density at radius 2 is 1.04 bits per heavy atom. The summed E-state index contributed by atoms with van der Waals surface area (Å²) >= 11 is 0. The number of carbonyl (C=O) groups excluding carboxylic acids is 2. The highest BCUT2D eigenvalue weighted by atomic mass is 19.3. The zero-order chi connectivity index (χ0) is 18.6. The van der Waals surface area contributed by atoms with Crippen molar-refractivity contribution in [3.63, 3.8) is 0 Å². The van der Waals surface area contributed by atoms with Crippen LogP contribution in [0.3, 0.4) is 0 Å². The van der Waals surface area contributed by atoms with Gasteiger partial charge in [0.1, 0.15) is 0 Å². The van der Waals surface area contributed by atoms with E-state index in [1.807, 2.05) is 0 Å². The molecule has 23 heavy (non-hydrogen) atoms. The van der Waals surface area contributed by atoms with Crippen LogP contribution in [0.2, 0.25) is 0 Å². The van der Waals surface area contributed by atoms with Crippen molar-refractivity contribution in [2.24, 2.45) is 0 Å². The number of hydrogen-bond donors (Lipinski definition) is 2. The summed E-state index contributed by atoms with van der Waals surface area (Å²) in [5.41, 5.74) is 0. The van der Waals surface area contributed by atoms with Gasteiger partial charge in [-0.1, -0.05) is 13.8 Å². The summed E-state index contributed by atoms with van der Waals surface area (Å²) in [5, 5.41) is 3.01. The van der Waals surface area contributed by atoms with Gasteiger partial charge in [-0.2, -0.15) is 26.3 Å². The zero-order valence-electron chi connectivity index (χ0n) is 13.2. The predicted molar refractivity (Wildman–Crippen MR) is 70.6 cm³/mol. The lowest BCUT2D eigenvalue weighted by atomic mass is 10.0. The minimum Gasteiger partial charge on any atom is -0.348 e. The van der Waals surface area contributed by atoms with Crippen molar-refractivity contribution in [3.05, 3.63) is 0 Å². The van der Waals surface area contributed by atoms with Crippen molar-refractivity contribution in [1.29, 1.82) is 0 Å². The Labute approximate surface area is 130 Å². The Morgan fingerprint density at radius 3 is 1.26 bits per heavy atom. The van der Waals surface area contributed by atoms with Crippen LogP contribution in [0.25, 0.3) is 0 Å². The smallest absolute Gasteiger partial charge is 0.348 e. The van der Waals surface area contributed by atoms with Gasteiger partial charge < -0.3 is 10.6 Å². The van der Waals surface area contributed by atoms with Crippen LogP contribution < -0.4 is 10.6 Å². The number of hydrogen-bond acceptors (Lipinski definition) is 2. The van der Waals surface area contributed by atoms with E-state index in [4.69, 9.17) is 0 Å². The van der Waals surface area contributed by atoms with E-state index in [2.05, 4.69) is 0 Å². The topological polar surface area (TPSA) is 58.2 Å². The Balaban J connectivity index is 5.47. The lowest BCUT2D eigenvalue weighted by Gasteiger charge is -2.32. The molecule has 2 unspecified atom stereocenters. The Morgan fingerprint density at radius 1 is 0.783 bits per heavy atom. The number of rotatable bonds is 8. The normalized spacial score (nSPS) is 15.7. The van der Waals surface area contributed by atoms with Gasteiger partial charge in [0.25, 0.3) is 11.8 Å². The van der Waals surface area contributed by atoms with Crippen LogP contribution in [-0.4, -0.2) is 41.7 Å². The molecule has 0 aliphatic carbocycles. The molecule has 4 nitrogen and oxygen atoms in total. The molecule has 2 atom stereocenters. The second-order valence-electron chi connectivity index (χ2n) is 5.29. The number of alkyl halides is 6. The number of carbonyl (C=O) groups is 2. The minimum absolute atomic E-state index is 0.123. The van der Waals surface area contributed by atoms with Gasteiger partial charge in [-0.15, -0.1) is 0 Å². The molecule has 0 aromatic carbocycles. The molecule has 0 spiro atoms. The maximum atomic E-state index is 13.6. The third-order valence-corrected chi connectivity index (χ3v) is 3.34. The summed E-state index contributed by atoms with van der Waals surface area (Å²) in [4.78, 5) is 22.4. The van der Waals surface area contributed by atoms with E-state index in [-0.39, 0.29) is 12.8 Å². The average Bonchev–Trinajstić information content (AvgIpc) is 2.45. The second-order valence-corrected chi connectivity index (χ2v) is 5.29. The van der Waals surface area contributed by atoms with Gasteiger partial charge in [-0.25, -0.2) is 0 Å². The molecular weight excluding hydrogens is 330 g/mol. The van der Waals surface area contributed by atoms with E-state index in [9.17, 15) is 35.9 Å². The maximum Gasteiger partial charge on any atom is 0.393 e. The van der Waals surface area contributed by atoms with Crippen molar-refractivity contribution in [1.82, 2.24) is 10.6 Å². The number of amides is 2. The van der Waals surface area contributed by atoms with Gasteiger partial charge in [-0.3, -0.25) is 9.59 Å². The molecule has 10 heteroatoms. The molecule has 0 aromatic rings. The lowest BCUT2D eigenvalue weighted by molar-refractivity contribution is -0.287. The SMILES string of the molecule is CCC(C)NC(=O)C(F)(F)C(F)(F)C(F)(F)C(=O)NC(C)CC. The van der Waals surface area contributed by atoms with Crippen LogP contribution in [-0.2, 0) is 9.59 Å². The lowest BCUT2D eigenvalue weighted by Crippen LogP contribution is -2.66. The average molecular weight is 350 g/mol. The Kier molecular flexibility index (Phi) is 6.92. The van der Waals surface area contributed by atoms with Crippen molar-refractivity contribution >= 4 is 11.8 Å². The van der Waals surface area contributed by atoms with Crippen molar-refractivity contribution in [2.45, 2.75) is 70.4 Å². The fraction of sp³-hybridized carbons (Fsp3) is 0.846. The molecule has 0 bridgehead atoms. The first kappa shape index (κ1) is 21.5. The first-order valence-corrected chi connectivity index (χ1v) is 7.00. The van der Waals surface area contributed by atoms with Crippen LogP contribution in [0, 0.1) is 0 Å². The van der Waals surface area contributed by atoms with E-state index in [0.29, 0.717) is 0 Å². The van der Waals surface area contributed by atoms with Gasteiger partial charge in [-0.05, 0) is 26.7 Å². The van der Waals surface area contributed by atoms with Crippen LogP contribution in [0.5, 0.6) is 0 Å². The molecule has 0 saturated heterocycles. The molecule has 2 amide bonds. The molecule has 136 valence electrons. The quantitative estimate of drug-likeness (QED) is 0.662. The largest absolute Gasteiger partial charge is 0.393 e. The standard InChI is InChI=1S/C13H20F6N2O2/c1-5-7(3)20-9(22)11(14,15)13(18,19)12(16,17)10(23)21-8(4)6-2/h7-8H,5-6H2,1-4H3,(H,20,22)(H,21,23). The first-order valence-electron chi connectivity index (χ1n) is 7.00. The molecule has 0 saturated carbocycles. The molecule has 0 aliphatic heterocycles. The third kappa shape index (κ3) is 4.29. The molecule has 0 heterocycles. The molecule has 0 aromatic heterocycles. The number of nitrogens with one attached hydrogen (secondary N) is 2. The van der Waals surface area contributed by atoms with Crippen LogP contribution >= 0.6 is 0 Å². The zero-order valence-corrected chi connectivity index (χ0v) is 13.2. The third-order valence-electron chi connectivity index (χ3n) is 3.34. The van der Waals surface area contributed by atoms with E-state index < -0.39 is 41.7 Å². The van der Waals surface area contributed by atoms with Gasteiger partial charge in [0.05, 0.1) is 0 Å². The van der Waals surface area contributed by atoms with E-state index in [0.717, 1.165) is 0 Å². The van der Waals surface area contributed by atoms with Gasteiger partial charge in [0, 0.05) is 12.1 Å². The predicted octanol–water partition coefficient (Wildman–Crippen LogP) is 2.72. The Bertz CT molecular complexity index is 404. The number of halogens is 6. The van der Waals surface area contributed by atoms with Crippen LogP contribution in [0.15, 0.2) is 0 Å². The summed E-state index contributed by atoms with van der Waals surface area (Å²) in [6.07, 6.45) is 0.247. The highest BCUT2D eigenvalue weighted by Gasteiger charge is 2.77. The van der Waals surface area contributed by atoms with Crippen LogP contribution in [0.4, 0.5) is 26.3 Å². The summed E-state index contributed by atoms with van der Waals surface area (Å²) in [6, 6.07) is -1.85. The molecular formula is C13H20F6N2O2.